The van der Waals surface area contributed by atoms with Crippen molar-refractivity contribution in [3.8, 4) is 0 Å². The van der Waals surface area contributed by atoms with Crippen molar-refractivity contribution in [2.24, 2.45) is 0 Å². The van der Waals surface area contributed by atoms with Crippen LogP contribution in [0.3, 0.4) is 0 Å². The average Bonchev–Trinajstić information content (AvgIpc) is 2.95. The number of nitrogens with one attached hydrogen (secondary N) is 2. The zero-order valence-corrected chi connectivity index (χ0v) is 10.9. The van der Waals surface area contributed by atoms with Gasteiger partial charge in [0.1, 0.15) is 5.76 Å². The Bertz CT molecular complexity index is 615. The van der Waals surface area contributed by atoms with Gasteiger partial charge in [-0.3, -0.25) is 10.1 Å². The van der Waals surface area contributed by atoms with Crippen LogP contribution in [0.25, 0.3) is 0 Å². The Morgan fingerprint density at radius 2 is 2.24 bits per heavy atom. The summed E-state index contributed by atoms with van der Waals surface area (Å²) in [6.45, 7) is 0.286. The van der Waals surface area contributed by atoms with Crippen LogP contribution in [0.4, 0.5) is 23.3 Å². The minimum atomic E-state index is -0.657. The van der Waals surface area contributed by atoms with Gasteiger partial charge in [-0.25, -0.2) is 0 Å². The molecule has 2 aromatic heterocycles. The summed E-state index contributed by atoms with van der Waals surface area (Å²) in [5.74, 6) is 0.391. The van der Waals surface area contributed by atoms with E-state index in [1.165, 1.54) is 6.26 Å². The molecule has 0 aliphatic carbocycles. The molecule has 0 unspecified atom stereocenters. The number of aliphatic hydroxyl groups excluding tert-OH is 1. The number of furan rings is 1. The van der Waals surface area contributed by atoms with Crippen molar-refractivity contribution in [2.75, 3.05) is 29.5 Å². The van der Waals surface area contributed by atoms with Gasteiger partial charge in [-0.05, 0) is 12.1 Å². The molecular weight excluding hydrogens is 280 g/mol. The molecule has 0 saturated carbocycles. The lowest BCUT2D eigenvalue weighted by Gasteiger charge is -2.09. The van der Waals surface area contributed by atoms with E-state index in [0.717, 1.165) is 0 Å². The molecule has 10 nitrogen and oxygen atoms in total. The lowest BCUT2D eigenvalue weighted by atomic mass is 10.4. The molecule has 112 valence electrons. The Balaban J connectivity index is 2.25. The molecule has 0 saturated heterocycles. The second-order valence-electron chi connectivity index (χ2n) is 3.97. The summed E-state index contributed by atoms with van der Waals surface area (Å²) < 4.78 is 5.13. The van der Waals surface area contributed by atoms with Gasteiger partial charge in [0.25, 0.3) is 0 Å². The van der Waals surface area contributed by atoms with Crippen LogP contribution in [0.15, 0.2) is 22.8 Å². The van der Waals surface area contributed by atoms with Gasteiger partial charge in [-0.1, -0.05) is 0 Å². The van der Waals surface area contributed by atoms with E-state index in [0.29, 0.717) is 5.76 Å². The third-order valence-corrected chi connectivity index (χ3v) is 2.50. The number of nitrogens with zero attached hydrogens (tertiary/aromatic N) is 3. The van der Waals surface area contributed by atoms with Crippen molar-refractivity contribution in [3.63, 3.8) is 0 Å². The Hall–Kier alpha value is -2.88. The second kappa shape index (κ2) is 6.52. The van der Waals surface area contributed by atoms with Gasteiger partial charge in [-0.2, -0.15) is 9.97 Å². The highest BCUT2D eigenvalue weighted by Crippen LogP contribution is 2.29. The first-order chi connectivity index (χ1) is 10.1. The summed E-state index contributed by atoms with van der Waals surface area (Å²) in [7, 11) is 0. The number of nitro groups is 1. The van der Waals surface area contributed by atoms with Crippen LogP contribution in [0.1, 0.15) is 5.76 Å². The number of aliphatic hydroxyl groups is 1. The smallest absolute Gasteiger partial charge is 0.353 e. The summed E-state index contributed by atoms with van der Waals surface area (Å²) in [6.07, 6.45) is 1.49. The molecule has 2 aromatic rings. The largest absolute Gasteiger partial charge is 0.467 e. The zero-order chi connectivity index (χ0) is 15.2. The minimum absolute atomic E-state index is 0.0238. The predicted molar refractivity (Wildman–Crippen MR) is 74.7 cm³/mol. The zero-order valence-electron chi connectivity index (χ0n) is 10.9. The van der Waals surface area contributed by atoms with E-state index in [2.05, 4.69) is 20.6 Å². The summed E-state index contributed by atoms with van der Waals surface area (Å²) in [4.78, 5) is 18.2. The topological polar surface area (TPSA) is 152 Å². The maximum Gasteiger partial charge on any atom is 0.353 e. The Kier molecular flexibility index (Phi) is 4.51. The molecule has 10 heteroatoms. The molecule has 21 heavy (non-hydrogen) atoms. The van der Waals surface area contributed by atoms with E-state index in [-0.39, 0.29) is 37.3 Å². The van der Waals surface area contributed by atoms with Crippen molar-refractivity contribution < 1.29 is 14.4 Å². The highest BCUT2D eigenvalue weighted by atomic mass is 16.6. The fourth-order valence-corrected chi connectivity index (χ4v) is 1.61. The van der Waals surface area contributed by atoms with E-state index in [4.69, 9.17) is 15.3 Å². The van der Waals surface area contributed by atoms with Crippen molar-refractivity contribution in [1.82, 2.24) is 9.97 Å². The number of rotatable bonds is 7. The van der Waals surface area contributed by atoms with Crippen LogP contribution in [0, 0.1) is 10.1 Å². The van der Waals surface area contributed by atoms with Gasteiger partial charge in [0.05, 0.1) is 24.3 Å². The lowest BCUT2D eigenvalue weighted by Crippen LogP contribution is -2.13. The molecule has 0 fully saturated rings. The van der Waals surface area contributed by atoms with E-state index in [1.807, 2.05) is 0 Å². The number of aromatic nitrogens is 2. The Morgan fingerprint density at radius 3 is 2.86 bits per heavy atom. The monoisotopic (exact) mass is 294 g/mol. The third-order valence-electron chi connectivity index (χ3n) is 2.50. The summed E-state index contributed by atoms with van der Waals surface area (Å²) in [5.41, 5.74) is 5.18. The first-order valence-corrected chi connectivity index (χ1v) is 6.04. The van der Waals surface area contributed by atoms with E-state index < -0.39 is 10.6 Å². The summed E-state index contributed by atoms with van der Waals surface area (Å²) >= 11 is 0. The fraction of sp³-hybridized carbons (Fsp3) is 0.273. The Labute approximate surface area is 119 Å². The Morgan fingerprint density at radius 1 is 1.43 bits per heavy atom. The third kappa shape index (κ3) is 3.57. The molecule has 2 heterocycles. The molecule has 0 bridgehead atoms. The number of anilines is 3. The average molecular weight is 294 g/mol. The van der Waals surface area contributed by atoms with E-state index in [1.54, 1.807) is 12.1 Å². The molecule has 0 atom stereocenters. The van der Waals surface area contributed by atoms with Crippen LogP contribution < -0.4 is 16.4 Å². The number of nitrogens with two attached hydrogens (primary N) is 1. The minimum Gasteiger partial charge on any atom is -0.467 e. The van der Waals surface area contributed by atoms with Crippen LogP contribution in [-0.4, -0.2) is 33.1 Å². The molecule has 0 aliphatic heterocycles. The molecule has 0 aliphatic rings. The standard InChI is InChI=1S/C11H14N6O4/c12-9-8(17(19)20)10(14-6-7-2-1-5-21-7)16-11(15-9)13-3-4-18/h1-2,5,18H,3-4,6H2,(H4,12,13,14,15,16). The van der Waals surface area contributed by atoms with Gasteiger partial charge in [0.15, 0.2) is 0 Å². The van der Waals surface area contributed by atoms with Gasteiger partial charge in [-0.15, -0.1) is 0 Å². The first-order valence-electron chi connectivity index (χ1n) is 6.04. The van der Waals surface area contributed by atoms with Crippen molar-refractivity contribution in [1.29, 1.82) is 0 Å². The van der Waals surface area contributed by atoms with Gasteiger partial charge < -0.3 is 25.9 Å². The van der Waals surface area contributed by atoms with Crippen molar-refractivity contribution in [3.05, 3.63) is 34.3 Å². The van der Waals surface area contributed by atoms with Crippen LogP contribution in [-0.2, 0) is 6.54 Å². The van der Waals surface area contributed by atoms with Gasteiger partial charge in [0.2, 0.25) is 17.6 Å². The van der Waals surface area contributed by atoms with E-state index in [9.17, 15) is 10.1 Å². The first kappa shape index (κ1) is 14.5. The van der Waals surface area contributed by atoms with Crippen LogP contribution >= 0.6 is 0 Å². The molecule has 0 radical (unpaired) electrons. The fourth-order valence-electron chi connectivity index (χ4n) is 1.61. The summed E-state index contributed by atoms with van der Waals surface area (Å²) in [5, 5.41) is 25.3. The number of hydrogen-bond acceptors (Lipinski definition) is 9. The molecular formula is C11H14N6O4. The van der Waals surface area contributed by atoms with Crippen LogP contribution in [0.5, 0.6) is 0 Å². The predicted octanol–water partition coefficient (Wildman–Crippen LogP) is 0.576. The second-order valence-corrected chi connectivity index (χ2v) is 3.97. The molecule has 0 amide bonds. The van der Waals surface area contributed by atoms with Gasteiger partial charge in [0, 0.05) is 6.54 Å². The van der Waals surface area contributed by atoms with E-state index >= 15 is 0 Å². The SMILES string of the molecule is Nc1nc(NCCO)nc(NCc2ccco2)c1[N+](=O)[O-]. The van der Waals surface area contributed by atoms with Gasteiger partial charge >= 0.3 is 5.69 Å². The maximum atomic E-state index is 11.1. The maximum absolute atomic E-state index is 11.1. The van der Waals surface area contributed by atoms with Crippen molar-refractivity contribution in [2.45, 2.75) is 6.54 Å². The summed E-state index contributed by atoms with van der Waals surface area (Å²) in [6, 6.07) is 3.42. The lowest BCUT2D eigenvalue weighted by molar-refractivity contribution is -0.383. The molecule has 0 spiro atoms. The van der Waals surface area contributed by atoms with Crippen molar-refractivity contribution >= 4 is 23.3 Å². The highest BCUT2D eigenvalue weighted by molar-refractivity contribution is 5.69. The number of nitrogen functional groups attached to an aromatic ring is 1. The highest BCUT2D eigenvalue weighted by Gasteiger charge is 2.23. The van der Waals surface area contributed by atoms with Crippen LogP contribution in [0.2, 0.25) is 0 Å². The molecule has 0 aromatic carbocycles. The normalized spacial score (nSPS) is 10.3. The number of hydrogen-bond donors (Lipinski definition) is 4. The quantitative estimate of drug-likeness (QED) is 0.424. The molecule has 5 N–H and O–H groups in total. The molecule has 2 rings (SSSR count).